The number of fused-ring (bicyclic) bond motifs is 1. The van der Waals surface area contributed by atoms with Crippen LogP contribution in [-0.4, -0.2) is 18.1 Å². The van der Waals surface area contributed by atoms with Gasteiger partial charge in [-0.25, -0.2) is 0 Å². The molecule has 1 aliphatic carbocycles. The molecule has 1 amide bonds. The second-order valence-corrected chi connectivity index (χ2v) is 6.18. The van der Waals surface area contributed by atoms with Gasteiger partial charge >= 0.3 is 0 Å². The van der Waals surface area contributed by atoms with E-state index in [9.17, 15) is 4.79 Å². The van der Waals surface area contributed by atoms with Gasteiger partial charge < -0.3 is 10.1 Å². The minimum absolute atomic E-state index is 0.0394. The summed E-state index contributed by atoms with van der Waals surface area (Å²) < 4.78 is 5.82. The fourth-order valence-corrected chi connectivity index (χ4v) is 3.28. The minimum Gasteiger partial charge on any atom is -0.480 e. The van der Waals surface area contributed by atoms with Crippen LogP contribution in [0.3, 0.4) is 0 Å². The van der Waals surface area contributed by atoms with Crippen molar-refractivity contribution < 1.29 is 9.53 Å². The molecule has 0 spiro atoms. The van der Waals surface area contributed by atoms with Crippen LogP contribution in [0.1, 0.15) is 44.1 Å². The topological polar surface area (TPSA) is 38.3 Å². The lowest BCUT2D eigenvalue weighted by Gasteiger charge is -2.28. The SMILES string of the molecule is O=C(NC1CCCCC1)C1CCc2cc(Cl)ccc2O1. The van der Waals surface area contributed by atoms with Gasteiger partial charge in [0.1, 0.15) is 5.75 Å². The van der Waals surface area contributed by atoms with Crippen LogP contribution in [-0.2, 0) is 11.2 Å². The van der Waals surface area contributed by atoms with Crippen molar-refractivity contribution in [1.29, 1.82) is 0 Å². The molecule has 1 heterocycles. The highest BCUT2D eigenvalue weighted by Gasteiger charge is 2.28. The summed E-state index contributed by atoms with van der Waals surface area (Å²) in [6.07, 6.45) is 7.15. The molecule has 0 saturated heterocycles. The van der Waals surface area contributed by atoms with Crippen LogP contribution in [0.4, 0.5) is 0 Å². The highest BCUT2D eigenvalue weighted by atomic mass is 35.5. The van der Waals surface area contributed by atoms with Gasteiger partial charge in [-0.05, 0) is 49.4 Å². The molecule has 1 fully saturated rings. The quantitative estimate of drug-likeness (QED) is 0.906. The van der Waals surface area contributed by atoms with E-state index in [1.54, 1.807) is 0 Å². The molecule has 20 heavy (non-hydrogen) atoms. The standard InChI is InChI=1S/C16H20ClNO2/c17-12-7-9-14-11(10-12)6-8-15(20-14)16(19)18-13-4-2-1-3-5-13/h7,9-10,13,15H,1-6,8H2,(H,18,19). The van der Waals surface area contributed by atoms with Crippen LogP contribution < -0.4 is 10.1 Å². The molecule has 1 unspecified atom stereocenters. The van der Waals surface area contributed by atoms with E-state index in [4.69, 9.17) is 16.3 Å². The van der Waals surface area contributed by atoms with Gasteiger partial charge in [0.15, 0.2) is 6.10 Å². The van der Waals surface area contributed by atoms with E-state index in [0.29, 0.717) is 6.04 Å². The summed E-state index contributed by atoms with van der Waals surface area (Å²) in [5.41, 5.74) is 1.10. The first-order chi connectivity index (χ1) is 9.72. The number of rotatable bonds is 2. The molecule has 1 aromatic rings. The summed E-state index contributed by atoms with van der Waals surface area (Å²) in [4.78, 5) is 12.3. The molecule has 3 nitrogen and oxygen atoms in total. The average Bonchev–Trinajstić information content (AvgIpc) is 2.47. The smallest absolute Gasteiger partial charge is 0.261 e. The molecule has 4 heteroatoms. The second kappa shape index (κ2) is 6.04. The molecule has 2 aliphatic rings. The first-order valence-corrected chi connectivity index (χ1v) is 7.85. The lowest BCUT2D eigenvalue weighted by atomic mass is 9.95. The van der Waals surface area contributed by atoms with Crippen molar-refractivity contribution in [1.82, 2.24) is 5.32 Å². The van der Waals surface area contributed by atoms with Gasteiger partial charge in [-0.3, -0.25) is 4.79 Å². The van der Waals surface area contributed by atoms with E-state index >= 15 is 0 Å². The number of carbonyl (C=O) groups excluding carboxylic acids is 1. The second-order valence-electron chi connectivity index (χ2n) is 5.74. The van der Waals surface area contributed by atoms with Gasteiger partial charge in [0.25, 0.3) is 5.91 Å². The molecular formula is C16H20ClNO2. The van der Waals surface area contributed by atoms with Crippen molar-refractivity contribution in [2.45, 2.75) is 57.1 Å². The maximum absolute atomic E-state index is 12.3. The van der Waals surface area contributed by atoms with Crippen LogP contribution in [0, 0.1) is 0 Å². The Morgan fingerprint density at radius 3 is 2.80 bits per heavy atom. The van der Waals surface area contributed by atoms with Crippen molar-refractivity contribution >= 4 is 17.5 Å². The van der Waals surface area contributed by atoms with Gasteiger partial charge in [-0.1, -0.05) is 30.9 Å². The van der Waals surface area contributed by atoms with E-state index in [2.05, 4.69) is 5.32 Å². The molecule has 0 radical (unpaired) electrons. The first-order valence-electron chi connectivity index (χ1n) is 7.48. The fourth-order valence-electron chi connectivity index (χ4n) is 3.08. The zero-order valence-electron chi connectivity index (χ0n) is 11.5. The van der Waals surface area contributed by atoms with E-state index in [-0.39, 0.29) is 12.0 Å². The highest BCUT2D eigenvalue weighted by molar-refractivity contribution is 6.30. The van der Waals surface area contributed by atoms with Crippen LogP contribution in [0.25, 0.3) is 0 Å². The number of carbonyl (C=O) groups is 1. The number of ether oxygens (including phenoxy) is 1. The Balaban J connectivity index is 1.61. The van der Waals surface area contributed by atoms with E-state index in [1.807, 2.05) is 18.2 Å². The van der Waals surface area contributed by atoms with Crippen LogP contribution in [0.5, 0.6) is 5.75 Å². The van der Waals surface area contributed by atoms with Crippen LogP contribution in [0.2, 0.25) is 5.02 Å². The van der Waals surface area contributed by atoms with Gasteiger partial charge in [-0.15, -0.1) is 0 Å². The third-order valence-electron chi connectivity index (χ3n) is 4.21. The zero-order valence-corrected chi connectivity index (χ0v) is 12.3. The normalized spacial score (nSPS) is 22.8. The summed E-state index contributed by atoms with van der Waals surface area (Å²) in [6.45, 7) is 0. The van der Waals surface area contributed by atoms with E-state index < -0.39 is 0 Å². The number of halogens is 1. The lowest BCUT2D eigenvalue weighted by molar-refractivity contribution is -0.129. The summed E-state index contributed by atoms with van der Waals surface area (Å²) in [6, 6.07) is 5.93. The third-order valence-corrected chi connectivity index (χ3v) is 4.45. The van der Waals surface area contributed by atoms with Crippen molar-refractivity contribution in [3.8, 4) is 5.75 Å². The first kappa shape index (κ1) is 13.7. The van der Waals surface area contributed by atoms with Gasteiger partial charge in [-0.2, -0.15) is 0 Å². The number of hydrogen-bond donors (Lipinski definition) is 1. The molecule has 3 rings (SSSR count). The van der Waals surface area contributed by atoms with E-state index in [0.717, 1.165) is 42.0 Å². The predicted octanol–water partition coefficient (Wildman–Crippen LogP) is 3.48. The largest absolute Gasteiger partial charge is 0.480 e. The van der Waals surface area contributed by atoms with Crippen molar-refractivity contribution in [3.63, 3.8) is 0 Å². The Kier molecular flexibility index (Phi) is 4.16. The summed E-state index contributed by atoms with van der Waals surface area (Å²) in [5.74, 6) is 0.835. The van der Waals surface area contributed by atoms with E-state index in [1.165, 1.54) is 19.3 Å². The third kappa shape index (κ3) is 3.09. The van der Waals surface area contributed by atoms with Gasteiger partial charge in [0, 0.05) is 11.1 Å². The van der Waals surface area contributed by atoms with Crippen LogP contribution >= 0.6 is 11.6 Å². The summed E-state index contributed by atoms with van der Waals surface area (Å²) >= 11 is 5.97. The average molecular weight is 294 g/mol. The predicted molar refractivity (Wildman–Crippen MR) is 79.2 cm³/mol. The molecule has 108 valence electrons. The molecule has 1 aliphatic heterocycles. The Morgan fingerprint density at radius 2 is 2.00 bits per heavy atom. The molecule has 0 aromatic heterocycles. The van der Waals surface area contributed by atoms with Crippen molar-refractivity contribution in [2.24, 2.45) is 0 Å². The Hall–Kier alpha value is -1.22. The maximum atomic E-state index is 12.3. The molecule has 1 N–H and O–H groups in total. The molecule has 1 saturated carbocycles. The number of benzene rings is 1. The Labute approximate surface area is 124 Å². The van der Waals surface area contributed by atoms with Crippen molar-refractivity contribution in [2.75, 3.05) is 0 Å². The molecule has 0 bridgehead atoms. The molecule has 1 atom stereocenters. The molecule has 1 aromatic carbocycles. The summed E-state index contributed by atoms with van der Waals surface area (Å²) in [7, 11) is 0. The lowest BCUT2D eigenvalue weighted by Crippen LogP contribution is -2.45. The van der Waals surface area contributed by atoms with Crippen LogP contribution in [0.15, 0.2) is 18.2 Å². The maximum Gasteiger partial charge on any atom is 0.261 e. The number of amides is 1. The van der Waals surface area contributed by atoms with Crippen molar-refractivity contribution in [3.05, 3.63) is 28.8 Å². The minimum atomic E-state index is -0.356. The van der Waals surface area contributed by atoms with Gasteiger partial charge in [0.05, 0.1) is 0 Å². The Bertz CT molecular complexity index is 497. The summed E-state index contributed by atoms with van der Waals surface area (Å²) in [5, 5.41) is 3.86. The number of aryl methyl sites for hydroxylation is 1. The van der Waals surface area contributed by atoms with Gasteiger partial charge in [0.2, 0.25) is 0 Å². The number of nitrogens with one attached hydrogen (secondary N) is 1. The molecular weight excluding hydrogens is 274 g/mol. The monoisotopic (exact) mass is 293 g/mol. The highest BCUT2D eigenvalue weighted by Crippen LogP contribution is 2.30. The Morgan fingerprint density at radius 1 is 1.20 bits per heavy atom. The fraction of sp³-hybridized carbons (Fsp3) is 0.562. The number of hydrogen-bond acceptors (Lipinski definition) is 2. The zero-order chi connectivity index (χ0) is 13.9.